The predicted octanol–water partition coefficient (Wildman–Crippen LogP) is 2.78. The van der Waals surface area contributed by atoms with Crippen LogP contribution in [0.5, 0.6) is 0 Å². The highest BCUT2D eigenvalue weighted by Gasteiger charge is 2.35. The minimum absolute atomic E-state index is 0.0200. The third-order valence-corrected chi connectivity index (χ3v) is 6.40. The first-order valence-corrected chi connectivity index (χ1v) is 11.7. The maximum Gasteiger partial charge on any atom is 0.225 e. The minimum atomic E-state index is -0.270. The molecule has 33 heavy (non-hydrogen) atoms. The molecule has 0 radical (unpaired) electrons. The highest BCUT2D eigenvalue weighted by Crippen LogP contribution is 2.29. The summed E-state index contributed by atoms with van der Waals surface area (Å²) in [6.07, 6.45) is 9.12. The second-order valence-corrected chi connectivity index (χ2v) is 9.12. The number of hydrogen-bond acceptors (Lipinski definition) is 6. The van der Waals surface area contributed by atoms with Crippen LogP contribution in [0.1, 0.15) is 44.7 Å². The highest BCUT2D eigenvalue weighted by atomic mass is 16.2. The Morgan fingerprint density at radius 1 is 1.27 bits per heavy atom. The Labute approximate surface area is 195 Å². The second kappa shape index (κ2) is 10.1. The van der Waals surface area contributed by atoms with Gasteiger partial charge in [-0.25, -0.2) is 9.97 Å². The normalized spacial score (nSPS) is 19.2. The lowest BCUT2D eigenvalue weighted by molar-refractivity contribution is -0.129. The molecular formula is C25H32N6O2. The standard InChI is InChI=1S/C25H32N6O2/c1-4-11-31-16-19(14-22(31)32)24(33)28-20-7-12-30(13-8-20)25-27-15-21(23(29-25)17(2)3)18-5-9-26-10-6-18/h4-6,9-10,15,17,19-20H,1,7-8,11-14,16H2,2-3H3,(H,28,33)/t19-/m1/s1. The van der Waals surface area contributed by atoms with Gasteiger partial charge in [-0.1, -0.05) is 19.9 Å². The number of amides is 2. The number of likely N-dealkylation sites (tertiary alicyclic amines) is 1. The van der Waals surface area contributed by atoms with Gasteiger partial charge in [0.25, 0.3) is 0 Å². The highest BCUT2D eigenvalue weighted by molar-refractivity contribution is 5.89. The summed E-state index contributed by atoms with van der Waals surface area (Å²) < 4.78 is 0. The van der Waals surface area contributed by atoms with Crippen LogP contribution in [0.15, 0.2) is 43.4 Å². The van der Waals surface area contributed by atoms with Gasteiger partial charge in [0.2, 0.25) is 17.8 Å². The number of carbonyl (C=O) groups is 2. The van der Waals surface area contributed by atoms with Gasteiger partial charge in [0.1, 0.15) is 0 Å². The van der Waals surface area contributed by atoms with E-state index in [1.165, 1.54) is 0 Å². The Balaban J connectivity index is 1.36. The molecule has 8 heteroatoms. The lowest BCUT2D eigenvalue weighted by atomic mass is 10.00. The molecule has 0 bridgehead atoms. The van der Waals surface area contributed by atoms with Gasteiger partial charge in [-0.15, -0.1) is 6.58 Å². The Morgan fingerprint density at radius 2 is 2.00 bits per heavy atom. The van der Waals surface area contributed by atoms with Crippen LogP contribution in [0, 0.1) is 5.92 Å². The van der Waals surface area contributed by atoms with Gasteiger partial charge in [0.15, 0.2) is 0 Å². The molecule has 0 aromatic carbocycles. The van der Waals surface area contributed by atoms with Gasteiger partial charge in [-0.05, 0) is 36.5 Å². The van der Waals surface area contributed by atoms with Crippen molar-refractivity contribution in [3.63, 3.8) is 0 Å². The number of nitrogens with one attached hydrogen (secondary N) is 1. The van der Waals surface area contributed by atoms with E-state index in [1.807, 2.05) is 18.3 Å². The Bertz CT molecular complexity index is 1000. The molecule has 174 valence electrons. The van der Waals surface area contributed by atoms with E-state index >= 15 is 0 Å². The predicted molar refractivity (Wildman–Crippen MR) is 128 cm³/mol. The van der Waals surface area contributed by atoms with Crippen LogP contribution in [0.3, 0.4) is 0 Å². The fraction of sp³-hybridized carbons (Fsp3) is 0.480. The van der Waals surface area contributed by atoms with Gasteiger partial charge < -0.3 is 15.1 Å². The molecular weight excluding hydrogens is 416 g/mol. The molecule has 0 unspecified atom stereocenters. The SMILES string of the molecule is C=CCN1C[C@H](C(=O)NC2CCN(c3ncc(-c4ccncc4)c(C(C)C)n3)CC2)CC1=O. The molecule has 2 aromatic heterocycles. The molecule has 8 nitrogen and oxygen atoms in total. The first-order valence-electron chi connectivity index (χ1n) is 11.7. The number of pyridine rings is 1. The zero-order valence-corrected chi connectivity index (χ0v) is 19.4. The van der Waals surface area contributed by atoms with Crippen molar-refractivity contribution in [1.82, 2.24) is 25.2 Å². The molecule has 2 aliphatic heterocycles. The lowest BCUT2D eigenvalue weighted by Crippen LogP contribution is -2.47. The van der Waals surface area contributed by atoms with Crippen LogP contribution >= 0.6 is 0 Å². The fourth-order valence-corrected chi connectivity index (χ4v) is 4.55. The summed E-state index contributed by atoms with van der Waals surface area (Å²) in [6, 6.07) is 4.07. The molecule has 4 rings (SSSR count). The third-order valence-electron chi connectivity index (χ3n) is 6.40. The summed E-state index contributed by atoms with van der Waals surface area (Å²) in [6.45, 7) is 10.5. The molecule has 2 aliphatic rings. The number of carbonyl (C=O) groups excluding carboxylic acids is 2. The summed E-state index contributed by atoms with van der Waals surface area (Å²) in [5.41, 5.74) is 3.13. The van der Waals surface area contributed by atoms with E-state index in [0.29, 0.717) is 13.1 Å². The van der Waals surface area contributed by atoms with Crippen molar-refractivity contribution in [2.24, 2.45) is 5.92 Å². The van der Waals surface area contributed by atoms with Gasteiger partial charge in [-0.2, -0.15) is 0 Å². The summed E-state index contributed by atoms with van der Waals surface area (Å²) in [4.78, 5) is 42.3. The number of nitrogens with zero attached hydrogens (tertiary/aromatic N) is 5. The third kappa shape index (κ3) is 5.21. The van der Waals surface area contributed by atoms with Crippen LogP contribution in [0.25, 0.3) is 11.1 Å². The number of hydrogen-bond donors (Lipinski definition) is 1. The van der Waals surface area contributed by atoms with Crippen molar-refractivity contribution in [1.29, 1.82) is 0 Å². The van der Waals surface area contributed by atoms with Crippen LogP contribution in [0.2, 0.25) is 0 Å². The zero-order valence-electron chi connectivity index (χ0n) is 19.4. The number of rotatable bonds is 7. The fourth-order valence-electron chi connectivity index (χ4n) is 4.55. The van der Waals surface area contributed by atoms with Crippen LogP contribution in [0.4, 0.5) is 5.95 Å². The summed E-state index contributed by atoms with van der Waals surface area (Å²) in [7, 11) is 0. The van der Waals surface area contributed by atoms with Crippen LogP contribution in [-0.2, 0) is 9.59 Å². The molecule has 2 aromatic rings. The Morgan fingerprint density at radius 3 is 2.67 bits per heavy atom. The van der Waals surface area contributed by atoms with Crippen molar-refractivity contribution < 1.29 is 9.59 Å². The van der Waals surface area contributed by atoms with Crippen molar-refractivity contribution >= 4 is 17.8 Å². The van der Waals surface area contributed by atoms with Crippen molar-refractivity contribution in [2.75, 3.05) is 31.1 Å². The average molecular weight is 449 g/mol. The van der Waals surface area contributed by atoms with Crippen molar-refractivity contribution in [3.8, 4) is 11.1 Å². The van der Waals surface area contributed by atoms with E-state index in [9.17, 15) is 9.59 Å². The van der Waals surface area contributed by atoms with Gasteiger partial charge in [-0.3, -0.25) is 14.6 Å². The monoisotopic (exact) mass is 448 g/mol. The molecule has 2 fully saturated rings. The first kappa shape index (κ1) is 22.9. The van der Waals surface area contributed by atoms with Gasteiger partial charge in [0.05, 0.1) is 11.6 Å². The molecule has 4 heterocycles. The first-order chi connectivity index (χ1) is 16.0. The Kier molecular flexibility index (Phi) is 7.01. The zero-order chi connectivity index (χ0) is 23.4. The number of aromatic nitrogens is 3. The van der Waals surface area contributed by atoms with Crippen LogP contribution in [-0.4, -0.2) is 63.9 Å². The summed E-state index contributed by atoms with van der Waals surface area (Å²) in [5.74, 6) is 0.740. The molecule has 1 atom stereocenters. The maximum atomic E-state index is 12.7. The molecule has 2 amide bonds. The topological polar surface area (TPSA) is 91.3 Å². The van der Waals surface area contributed by atoms with Crippen LogP contribution < -0.4 is 10.2 Å². The molecule has 1 N–H and O–H groups in total. The average Bonchev–Trinajstić information content (AvgIpc) is 3.20. The van der Waals surface area contributed by atoms with E-state index in [4.69, 9.17) is 4.98 Å². The van der Waals surface area contributed by atoms with Crippen molar-refractivity contribution in [2.45, 2.75) is 45.1 Å². The minimum Gasteiger partial charge on any atom is -0.353 e. The summed E-state index contributed by atoms with van der Waals surface area (Å²) in [5, 5.41) is 3.16. The quantitative estimate of drug-likeness (QED) is 0.655. The second-order valence-electron chi connectivity index (χ2n) is 9.12. The maximum absolute atomic E-state index is 12.7. The Hall–Kier alpha value is -3.29. The molecule has 0 aliphatic carbocycles. The number of anilines is 1. The summed E-state index contributed by atoms with van der Waals surface area (Å²) >= 11 is 0. The molecule has 0 saturated carbocycles. The van der Waals surface area contributed by atoms with E-state index in [2.05, 4.69) is 40.6 Å². The van der Waals surface area contributed by atoms with Gasteiger partial charge >= 0.3 is 0 Å². The van der Waals surface area contributed by atoms with E-state index in [0.717, 1.165) is 48.7 Å². The lowest BCUT2D eigenvalue weighted by Gasteiger charge is -2.33. The van der Waals surface area contributed by atoms with E-state index < -0.39 is 0 Å². The smallest absolute Gasteiger partial charge is 0.225 e. The largest absolute Gasteiger partial charge is 0.353 e. The van der Waals surface area contributed by atoms with E-state index in [-0.39, 0.29) is 36.1 Å². The van der Waals surface area contributed by atoms with Crippen molar-refractivity contribution in [3.05, 3.63) is 49.1 Å². The molecule has 2 saturated heterocycles. The molecule has 0 spiro atoms. The van der Waals surface area contributed by atoms with Gasteiger partial charge in [0, 0.05) is 62.8 Å². The number of piperidine rings is 1. The van der Waals surface area contributed by atoms with E-state index in [1.54, 1.807) is 23.4 Å².